The van der Waals surface area contributed by atoms with Crippen LogP contribution in [0.1, 0.15) is 11.1 Å². The molecule has 0 saturated carbocycles. The van der Waals surface area contributed by atoms with E-state index >= 15 is 0 Å². The molecule has 1 fully saturated rings. The maximum atomic E-state index is 12.7. The smallest absolute Gasteiger partial charge is 0.417 e. The summed E-state index contributed by atoms with van der Waals surface area (Å²) < 4.78 is 43.8. The van der Waals surface area contributed by atoms with Crippen LogP contribution in [0.4, 0.5) is 29.3 Å². The van der Waals surface area contributed by atoms with Gasteiger partial charge in [-0.2, -0.15) is 23.0 Å². The molecule has 0 radical (unpaired) electrons. The third-order valence-electron chi connectivity index (χ3n) is 4.68. The van der Waals surface area contributed by atoms with Gasteiger partial charge in [-0.1, -0.05) is 23.7 Å². The number of carbonyl (C=O) groups is 1. The third kappa shape index (κ3) is 4.37. The molecular formula is C20H15ClF3N5O3. The minimum Gasteiger partial charge on any atom is -0.447 e. The molecule has 8 nitrogen and oxygen atoms in total. The fraction of sp³-hybridized carbons (Fsp3) is 0.200. The number of alkyl halides is 3. The Kier molecular flexibility index (Phi) is 5.74. The predicted octanol–water partition coefficient (Wildman–Crippen LogP) is 3.87. The topological polar surface area (TPSA) is 89.3 Å². The van der Waals surface area contributed by atoms with Crippen molar-refractivity contribution in [3.05, 3.63) is 75.3 Å². The van der Waals surface area contributed by atoms with Gasteiger partial charge in [-0.05, 0) is 29.8 Å². The lowest BCUT2D eigenvalue weighted by molar-refractivity contribution is -0.137. The molecule has 166 valence electrons. The van der Waals surface area contributed by atoms with Crippen molar-refractivity contribution in [1.82, 2.24) is 14.8 Å². The van der Waals surface area contributed by atoms with Crippen molar-refractivity contribution < 1.29 is 22.7 Å². The summed E-state index contributed by atoms with van der Waals surface area (Å²) in [4.78, 5) is 29.4. The van der Waals surface area contributed by atoms with E-state index in [0.717, 1.165) is 22.4 Å². The van der Waals surface area contributed by atoms with Crippen molar-refractivity contribution in [2.45, 2.75) is 12.7 Å². The Bertz CT molecular complexity index is 1210. The molecule has 1 aliphatic rings. The minimum atomic E-state index is -4.54. The summed E-state index contributed by atoms with van der Waals surface area (Å²) >= 11 is 6.16. The summed E-state index contributed by atoms with van der Waals surface area (Å²) in [6.07, 6.45) is -3.05. The molecule has 0 unspecified atom stereocenters. The summed E-state index contributed by atoms with van der Waals surface area (Å²) in [7, 11) is 0. The van der Waals surface area contributed by atoms with Crippen molar-refractivity contribution in [3.63, 3.8) is 0 Å². The van der Waals surface area contributed by atoms with Crippen LogP contribution < -0.4 is 15.8 Å². The molecule has 1 aromatic carbocycles. The van der Waals surface area contributed by atoms with Crippen LogP contribution in [-0.4, -0.2) is 34.0 Å². The van der Waals surface area contributed by atoms with E-state index < -0.39 is 23.4 Å². The first-order valence-electron chi connectivity index (χ1n) is 9.32. The number of rotatable bonds is 5. The Morgan fingerprint density at radius 1 is 1.16 bits per heavy atom. The number of hydrogen-bond donors (Lipinski definition) is 1. The van der Waals surface area contributed by atoms with Crippen molar-refractivity contribution in [3.8, 4) is 5.82 Å². The number of hydrogen-bond acceptors (Lipinski definition) is 6. The number of pyridine rings is 1. The molecule has 0 atom stereocenters. The third-order valence-corrected chi connectivity index (χ3v) is 5.04. The molecule has 3 heterocycles. The van der Waals surface area contributed by atoms with Gasteiger partial charge < -0.3 is 10.1 Å². The molecule has 1 amide bonds. The van der Waals surface area contributed by atoms with Gasteiger partial charge in [-0.25, -0.2) is 9.78 Å². The van der Waals surface area contributed by atoms with E-state index in [4.69, 9.17) is 16.3 Å². The normalized spacial score (nSPS) is 13.9. The van der Waals surface area contributed by atoms with Crippen LogP contribution in [0.2, 0.25) is 5.02 Å². The van der Waals surface area contributed by atoms with Gasteiger partial charge in [0.15, 0.2) is 5.82 Å². The van der Waals surface area contributed by atoms with Gasteiger partial charge in [0.2, 0.25) is 0 Å². The number of carbonyl (C=O) groups excluding carboxylic acids is 1. The van der Waals surface area contributed by atoms with E-state index in [1.54, 1.807) is 18.2 Å². The largest absolute Gasteiger partial charge is 0.447 e. The first-order valence-corrected chi connectivity index (χ1v) is 9.70. The Morgan fingerprint density at radius 3 is 2.62 bits per heavy atom. The summed E-state index contributed by atoms with van der Waals surface area (Å²) in [5.74, 6) is -0.0957. The van der Waals surface area contributed by atoms with Crippen molar-refractivity contribution in [2.75, 3.05) is 23.4 Å². The molecule has 4 rings (SSSR count). The zero-order valence-corrected chi connectivity index (χ0v) is 17.0. The predicted molar refractivity (Wildman–Crippen MR) is 110 cm³/mol. The number of halogens is 4. The number of aromatic nitrogens is 3. The molecule has 0 bridgehead atoms. The highest BCUT2D eigenvalue weighted by molar-refractivity contribution is 6.32. The van der Waals surface area contributed by atoms with Crippen LogP contribution in [0.15, 0.2) is 53.6 Å². The van der Waals surface area contributed by atoms with Crippen molar-refractivity contribution in [2.24, 2.45) is 0 Å². The molecule has 1 saturated heterocycles. The fourth-order valence-electron chi connectivity index (χ4n) is 3.06. The van der Waals surface area contributed by atoms with Gasteiger partial charge in [-0.3, -0.25) is 9.69 Å². The number of benzene rings is 1. The molecule has 1 N–H and O–H groups in total. The first kappa shape index (κ1) is 21.6. The average Bonchev–Trinajstić information content (AvgIpc) is 3.20. The van der Waals surface area contributed by atoms with E-state index in [9.17, 15) is 22.8 Å². The Morgan fingerprint density at radius 2 is 1.97 bits per heavy atom. The van der Waals surface area contributed by atoms with Crippen LogP contribution in [0.5, 0.6) is 0 Å². The highest BCUT2D eigenvalue weighted by atomic mass is 35.5. The highest BCUT2D eigenvalue weighted by Crippen LogP contribution is 2.28. The molecular weight excluding hydrogens is 451 g/mol. The van der Waals surface area contributed by atoms with Crippen LogP contribution in [0.25, 0.3) is 5.82 Å². The zero-order valence-electron chi connectivity index (χ0n) is 16.3. The standard InChI is InChI=1S/C20H15ClF3N5O3/c21-17-15(25-9-12-2-1-3-14(8-12)28-6-7-32-19(28)31)11-27-29(18(17)30)16-5-4-13(10-26-16)20(22,23)24/h1-5,8,10-11,25H,6-7,9H2. The number of cyclic esters (lactones) is 1. The second-order valence-electron chi connectivity index (χ2n) is 6.78. The molecule has 32 heavy (non-hydrogen) atoms. The number of anilines is 2. The van der Waals surface area contributed by atoms with Gasteiger partial charge in [0.25, 0.3) is 5.56 Å². The monoisotopic (exact) mass is 465 g/mol. The lowest BCUT2D eigenvalue weighted by Gasteiger charge is -2.15. The maximum Gasteiger partial charge on any atom is 0.417 e. The second kappa shape index (κ2) is 8.50. The maximum absolute atomic E-state index is 12.7. The van der Waals surface area contributed by atoms with Crippen molar-refractivity contribution >= 4 is 29.1 Å². The summed E-state index contributed by atoms with van der Waals surface area (Å²) in [6.45, 7) is 1.06. The number of nitrogens with zero attached hydrogens (tertiary/aromatic N) is 4. The molecule has 0 spiro atoms. The average molecular weight is 466 g/mol. The van der Waals surface area contributed by atoms with E-state index in [1.165, 1.54) is 11.1 Å². The SMILES string of the molecule is O=C1OCCN1c1cccc(CNc2cnn(-c3ccc(C(F)(F)F)cn3)c(=O)c2Cl)c1. The van der Waals surface area contributed by atoms with Crippen LogP contribution in [-0.2, 0) is 17.5 Å². The number of ether oxygens (including phenoxy) is 1. The molecule has 0 aliphatic carbocycles. The molecule has 12 heteroatoms. The number of nitrogens with one attached hydrogen (secondary N) is 1. The lowest BCUT2D eigenvalue weighted by atomic mass is 10.2. The van der Waals surface area contributed by atoms with Gasteiger partial charge >= 0.3 is 12.3 Å². The number of amides is 1. The van der Waals surface area contributed by atoms with Gasteiger partial charge in [0.1, 0.15) is 11.6 Å². The van der Waals surface area contributed by atoms with Crippen LogP contribution in [0.3, 0.4) is 0 Å². The van der Waals surface area contributed by atoms with Gasteiger partial charge in [-0.15, -0.1) is 0 Å². The first-order chi connectivity index (χ1) is 15.2. The van der Waals surface area contributed by atoms with Crippen LogP contribution >= 0.6 is 11.6 Å². The van der Waals surface area contributed by atoms with Crippen LogP contribution in [0, 0.1) is 0 Å². The Balaban J connectivity index is 1.51. The zero-order chi connectivity index (χ0) is 22.9. The Labute approximate surface area is 184 Å². The van der Waals surface area contributed by atoms with E-state index in [0.29, 0.717) is 25.0 Å². The van der Waals surface area contributed by atoms with E-state index in [2.05, 4.69) is 15.4 Å². The van der Waals surface area contributed by atoms with Gasteiger partial charge in [0.05, 0.1) is 24.0 Å². The van der Waals surface area contributed by atoms with E-state index in [-0.39, 0.29) is 23.1 Å². The van der Waals surface area contributed by atoms with Crippen molar-refractivity contribution in [1.29, 1.82) is 0 Å². The lowest BCUT2D eigenvalue weighted by Crippen LogP contribution is -2.24. The summed E-state index contributed by atoms with van der Waals surface area (Å²) in [5.41, 5.74) is 0.0538. The summed E-state index contributed by atoms with van der Waals surface area (Å²) in [5, 5.41) is 6.75. The molecule has 2 aromatic heterocycles. The van der Waals surface area contributed by atoms with Gasteiger partial charge in [0, 0.05) is 18.4 Å². The van der Waals surface area contributed by atoms with E-state index in [1.807, 2.05) is 6.07 Å². The highest BCUT2D eigenvalue weighted by Gasteiger charge is 2.31. The fourth-order valence-corrected chi connectivity index (χ4v) is 3.25. The molecule has 1 aliphatic heterocycles. The summed E-state index contributed by atoms with van der Waals surface area (Å²) in [6, 6.07) is 9.03. The quantitative estimate of drug-likeness (QED) is 0.615. The minimum absolute atomic E-state index is 0.0957. The second-order valence-corrected chi connectivity index (χ2v) is 7.16. The Hall–Kier alpha value is -3.60. The molecule has 3 aromatic rings.